The van der Waals surface area contributed by atoms with Crippen LogP contribution in [-0.4, -0.2) is 60.1 Å². The maximum atomic E-state index is 12.8. The summed E-state index contributed by atoms with van der Waals surface area (Å²) in [6.07, 6.45) is 2.28. The molecule has 1 fully saturated rings. The third-order valence-electron chi connectivity index (χ3n) is 4.84. The van der Waals surface area contributed by atoms with E-state index < -0.39 is 17.8 Å². The lowest BCUT2D eigenvalue weighted by atomic mass is 9.85. The molecule has 1 saturated carbocycles. The summed E-state index contributed by atoms with van der Waals surface area (Å²) >= 11 is 0. The number of hydrogen-bond acceptors (Lipinski definition) is 5. The monoisotopic (exact) mass is 446 g/mol. The molecule has 0 unspecified atom stereocenters. The van der Waals surface area contributed by atoms with Gasteiger partial charge in [0.25, 0.3) is 0 Å². The lowest BCUT2D eigenvalue weighted by molar-refractivity contribution is -0.122. The van der Waals surface area contributed by atoms with E-state index in [1.165, 1.54) is 11.3 Å². The third kappa shape index (κ3) is 8.56. The van der Waals surface area contributed by atoms with Crippen molar-refractivity contribution in [1.29, 1.82) is 0 Å². The van der Waals surface area contributed by atoms with E-state index in [0.717, 1.165) is 5.56 Å². The van der Waals surface area contributed by atoms with Crippen molar-refractivity contribution in [2.45, 2.75) is 64.7 Å². The number of nitrogens with one attached hydrogen (secondary N) is 1. The van der Waals surface area contributed by atoms with E-state index in [2.05, 4.69) is 10.4 Å². The first-order valence-corrected chi connectivity index (χ1v) is 10.8. The molecular weight excluding hydrogens is 412 g/mol. The molecule has 0 aromatic heterocycles. The van der Waals surface area contributed by atoms with E-state index in [1.807, 2.05) is 30.3 Å². The Bertz CT molecular complexity index is 796. The molecule has 0 heterocycles. The van der Waals surface area contributed by atoms with Crippen LogP contribution in [0.3, 0.4) is 0 Å². The van der Waals surface area contributed by atoms with Gasteiger partial charge in [-0.2, -0.15) is 0 Å². The van der Waals surface area contributed by atoms with E-state index in [9.17, 15) is 14.4 Å². The van der Waals surface area contributed by atoms with Gasteiger partial charge in [-0.3, -0.25) is 4.79 Å². The van der Waals surface area contributed by atoms with Gasteiger partial charge in [0.05, 0.1) is 12.4 Å². The first-order valence-electron chi connectivity index (χ1n) is 10.8. The molecule has 0 aliphatic heterocycles. The summed E-state index contributed by atoms with van der Waals surface area (Å²) in [5.41, 5.74) is 2.67. The van der Waals surface area contributed by atoms with Crippen LogP contribution in [-0.2, 0) is 20.9 Å². The Balaban J connectivity index is 2.03. The van der Waals surface area contributed by atoms with E-state index >= 15 is 0 Å². The lowest BCUT2D eigenvalue weighted by Crippen LogP contribution is -2.54. The van der Waals surface area contributed by atoms with E-state index in [0.29, 0.717) is 25.7 Å². The van der Waals surface area contributed by atoms with Gasteiger partial charge >= 0.3 is 12.2 Å². The molecule has 0 spiro atoms. The molecule has 1 aromatic carbocycles. The zero-order valence-corrected chi connectivity index (χ0v) is 19.5. The number of amides is 3. The molecule has 2 rings (SSSR count). The van der Waals surface area contributed by atoms with Crippen molar-refractivity contribution in [2.75, 3.05) is 14.1 Å². The number of hydrazine groups is 1. The summed E-state index contributed by atoms with van der Waals surface area (Å²) in [6.45, 7) is 5.32. The highest BCUT2D eigenvalue weighted by molar-refractivity contribution is 5.86. The van der Waals surface area contributed by atoms with Crippen molar-refractivity contribution in [2.24, 2.45) is 10.9 Å². The Hall–Kier alpha value is -3.10. The Morgan fingerprint density at radius 3 is 2.28 bits per heavy atom. The standard InChI is InChI=1S/C23H34N4O5/c1-23(2,3)32-21(29)25-27(22(30)31-15-17-9-7-6-8-10-17)19-13-11-18(12-14-19)20(28)24-16-26(4)5/h6-10,16,18-19H,11-15H2,1-5H3,(H,25,29). The number of carbonyl (C=O) groups excluding carboxylic acids is 3. The Kier molecular flexibility index (Phi) is 9.04. The van der Waals surface area contributed by atoms with Gasteiger partial charge in [0.2, 0.25) is 5.91 Å². The molecule has 9 heteroatoms. The Morgan fingerprint density at radius 2 is 1.72 bits per heavy atom. The number of rotatable bonds is 5. The van der Waals surface area contributed by atoms with Crippen LogP contribution in [0.15, 0.2) is 35.3 Å². The second-order valence-corrected chi connectivity index (χ2v) is 9.08. The van der Waals surface area contributed by atoms with E-state index in [-0.39, 0.29) is 24.5 Å². The van der Waals surface area contributed by atoms with Gasteiger partial charge in [0.1, 0.15) is 12.2 Å². The fourth-order valence-corrected chi connectivity index (χ4v) is 3.33. The largest absolute Gasteiger partial charge is 0.443 e. The van der Waals surface area contributed by atoms with Gasteiger partial charge in [0, 0.05) is 20.0 Å². The van der Waals surface area contributed by atoms with Crippen molar-refractivity contribution >= 4 is 24.4 Å². The molecule has 0 radical (unpaired) electrons. The molecule has 1 N–H and O–H groups in total. The van der Waals surface area contributed by atoms with Gasteiger partial charge in [-0.15, -0.1) is 0 Å². The summed E-state index contributed by atoms with van der Waals surface area (Å²) in [7, 11) is 3.60. The quantitative estimate of drug-likeness (QED) is 0.420. The molecule has 0 atom stereocenters. The van der Waals surface area contributed by atoms with Gasteiger partial charge in [-0.1, -0.05) is 30.3 Å². The molecule has 9 nitrogen and oxygen atoms in total. The van der Waals surface area contributed by atoms with Crippen molar-refractivity contribution in [3.8, 4) is 0 Å². The summed E-state index contributed by atoms with van der Waals surface area (Å²) < 4.78 is 10.7. The highest BCUT2D eigenvalue weighted by atomic mass is 16.6. The fraction of sp³-hybridized carbons (Fsp3) is 0.565. The smallest absolute Gasteiger partial charge is 0.429 e. The number of hydrogen-bond donors (Lipinski definition) is 1. The molecular formula is C23H34N4O5. The minimum absolute atomic E-state index is 0.0826. The first-order chi connectivity index (χ1) is 15.0. The fourth-order valence-electron chi connectivity index (χ4n) is 3.33. The van der Waals surface area contributed by atoms with Crippen LogP contribution in [0.25, 0.3) is 0 Å². The molecule has 1 aromatic rings. The number of carbonyl (C=O) groups is 3. The molecule has 0 bridgehead atoms. The zero-order chi connectivity index (χ0) is 23.7. The maximum absolute atomic E-state index is 12.8. The number of nitrogens with zero attached hydrogens (tertiary/aromatic N) is 3. The molecule has 1 aliphatic rings. The second kappa shape index (κ2) is 11.5. The third-order valence-corrected chi connectivity index (χ3v) is 4.84. The second-order valence-electron chi connectivity index (χ2n) is 9.08. The summed E-state index contributed by atoms with van der Waals surface area (Å²) in [5.74, 6) is -0.373. The molecule has 0 saturated heterocycles. The molecule has 32 heavy (non-hydrogen) atoms. The first kappa shape index (κ1) is 25.2. The predicted molar refractivity (Wildman–Crippen MR) is 121 cm³/mol. The van der Waals surface area contributed by atoms with Crippen LogP contribution in [0.1, 0.15) is 52.0 Å². The normalized spacial score (nSPS) is 18.7. The topological polar surface area (TPSA) is 101 Å². The van der Waals surface area contributed by atoms with Crippen molar-refractivity contribution < 1.29 is 23.9 Å². The minimum Gasteiger partial charge on any atom is -0.443 e. The van der Waals surface area contributed by atoms with Crippen LogP contribution in [0.5, 0.6) is 0 Å². The van der Waals surface area contributed by atoms with E-state index in [4.69, 9.17) is 9.47 Å². The maximum Gasteiger partial charge on any atom is 0.429 e. The highest BCUT2D eigenvalue weighted by Gasteiger charge is 2.34. The number of benzene rings is 1. The van der Waals surface area contributed by atoms with Crippen molar-refractivity contribution in [3.05, 3.63) is 35.9 Å². The number of aliphatic imine (C=N–C) groups is 1. The van der Waals surface area contributed by atoms with Crippen LogP contribution < -0.4 is 5.43 Å². The summed E-state index contributed by atoms with van der Waals surface area (Å²) in [4.78, 5) is 43.2. The number of ether oxygens (including phenoxy) is 2. The molecule has 1 aliphatic carbocycles. The van der Waals surface area contributed by atoms with Crippen molar-refractivity contribution in [1.82, 2.24) is 15.3 Å². The average molecular weight is 447 g/mol. The van der Waals surface area contributed by atoms with Crippen LogP contribution >= 0.6 is 0 Å². The Morgan fingerprint density at radius 1 is 1.09 bits per heavy atom. The van der Waals surface area contributed by atoms with Gasteiger partial charge in [0.15, 0.2) is 0 Å². The average Bonchev–Trinajstić information content (AvgIpc) is 2.73. The highest BCUT2D eigenvalue weighted by Crippen LogP contribution is 2.28. The van der Waals surface area contributed by atoms with Gasteiger partial charge in [-0.05, 0) is 52.0 Å². The van der Waals surface area contributed by atoms with Gasteiger partial charge in [-0.25, -0.2) is 25.0 Å². The predicted octanol–water partition coefficient (Wildman–Crippen LogP) is 3.74. The van der Waals surface area contributed by atoms with Gasteiger partial charge < -0.3 is 14.4 Å². The summed E-state index contributed by atoms with van der Waals surface area (Å²) in [6, 6.07) is 8.99. The minimum atomic E-state index is -0.733. The van der Waals surface area contributed by atoms with Crippen molar-refractivity contribution in [3.63, 3.8) is 0 Å². The van der Waals surface area contributed by atoms with E-state index in [1.54, 1.807) is 39.8 Å². The lowest BCUT2D eigenvalue weighted by Gasteiger charge is -2.35. The summed E-state index contributed by atoms with van der Waals surface area (Å²) in [5, 5.41) is 1.20. The molecule has 3 amide bonds. The zero-order valence-electron chi connectivity index (χ0n) is 19.5. The van der Waals surface area contributed by atoms with Crippen LogP contribution in [0, 0.1) is 5.92 Å². The Labute approximate surface area is 189 Å². The molecule has 176 valence electrons. The SMILES string of the molecule is CN(C)C=NC(=O)C1CCC(N(NC(=O)OC(C)(C)C)C(=O)OCc2ccccc2)CC1. The van der Waals surface area contributed by atoms with Crippen LogP contribution in [0.2, 0.25) is 0 Å². The van der Waals surface area contributed by atoms with Crippen LogP contribution in [0.4, 0.5) is 9.59 Å².